The Kier molecular flexibility index (Phi) is 5.00. The minimum absolute atomic E-state index is 0.168. The summed E-state index contributed by atoms with van der Waals surface area (Å²) in [6.07, 6.45) is 9.82. The summed E-state index contributed by atoms with van der Waals surface area (Å²) in [4.78, 5) is 0. The molecule has 0 aromatic heterocycles. The van der Waals surface area contributed by atoms with Crippen LogP contribution in [0.3, 0.4) is 0 Å². The second-order valence-electron chi connectivity index (χ2n) is 5.48. The van der Waals surface area contributed by atoms with Gasteiger partial charge in [-0.15, -0.1) is 0 Å². The molecule has 1 spiro atoms. The fraction of sp³-hybridized carbons (Fsp3) is 1.00. The fourth-order valence-electron chi connectivity index (χ4n) is 3.11. The van der Waals surface area contributed by atoms with Crippen molar-refractivity contribution in [3.8, 4) is 0 Å². The summed E-state index contributed by atoms with van der Waals surface area (Å²) in [5, 5.41) is 0. The van der Waals surface area contributed by atoms with Gasteiger partial charge in [0, 0.05) is 22.3 Å². The molecule has 1 aliphatic carbocycles. The Morgan fingerprint density at radius 3 is 2.71 bits per heavy atom. The summed E-state index contributed by atoms with van der Waals surface area (Å²) < 4.78 is 18.0. The Morgan fingerprint density at radius 2 is 2.00 bits per heavy atom. The molecule has 17 heavy (non-hydrogen) atoms. The minimum Gasteiger partial charge on any atom is -0.371 e. The van der Waals surface area contributed by atoms with E-state index in [9.17, 15) is 4.21 Å². The van der Waals surface area contributed by atoms with E-state index in [2.05, 4.69) is 0 Å². The molecule has 4 heteroatoms. The molecule has 0 aromatic rings. The molecule has 100 valence electrons. The zero-order chi connectivity index (χ0) is 12.1. The van der Waals surface area contributed by atoms with Crippen molar-refractivity contribution >= 4 is 10.8 Å². The number of hydrogen-bond acceptors (Lipinski definition) is 3. The molecule has 1 aliphatic heterocycles. The van der Waals surface area contributed by atoms with Crippen LogP contribution < -0.4 is 5.73 Å². The largest absolute Gasteiger partial charge is 0.371 e. The van der Waals surface area contributed by atoms with Gasteiger partial charge in [-0.1, -0.05) is 19.3 Å². The van der Waals surface area contributed by atoms with Gasteiger partial charge in [-0.3, -0.25) is 4.21 Å². The lowest BCUT2D eigenvalue weighted by molar-refractivity contribution is -0.0557. The highest BCUT2D eigenvalue weighted by Crippen LogP contribution is 2.41. The van der Waals surface area contributed by atoms with Crippen molar-refractivity contribution in [3.05, 3.63) is 0 Å². The monoisotopic (exact) mass is 259 g/mol. The smallest absolute Gasteiger partial charge is 0.0698 e. The Bertz CT molecular complexity index is 264. The lowest BCUT2D eigenvalue weighted by Gasteiger charge is -2.33. The van der Waals surface area contributed by atoms with E-state index in [4.69, 9.17) is 10.5 Å². The first kappa shape index (κ1) is 13.5. The van der Waals surface area contributed by atoms with E-state index in [0.29, 0.717) is 6.54 Å². The van der Waals surface area contributed by atoms with Gasteiger partial charge >= 0.3 is 0 Å². The van der Waals surface area contributed by atoms with E-state index < -0.39 is 10.8 Å². The lowest BCUT2D eigenvalue weighted by atomic mass is 9.83. The van der Waals surface area contributed by atoms with Crippen molar-refractivity contribution in [1.29, 1.82) is 0 Å². The van der Waals surface area contributed by atoms with E-state index in [1.807, 2.05) is 0 Å². The van der Waals surface area contributed by atoms with Gasteiger partial charge in [0.05, 0.1) is 11.7 Å². The third-order valence-electron chi connectivity index (χ3n) is 4.05. The third kappa shape index (κ3) is 3.76. The van der Waals surface area contributed by atoms with E-state index in [1.54, 1.807) is 0 Å². The van der Waals surface area contributed by atoms with Crippen LogP contribution in [-0.2, 0) is 15.5 Å². The summed E-state index contributed by atoms with van der Waals surface area (Å²) in [5.41, 5.74) is 5.60. The van der Waals surface area contributed by atoms with Crippen molar-refractivity contribution in [2.75, 3.05) is 18.1 Å². The Labute approximate surface area is 107 Å². The first-order valence-electron chi connectivity index (χ1n) is 6.97. The molecule has 1 saturated heterocycles. The number of rotatable bonds is 5. The van der Waals surface area contributed by atoms with Crippen molar-refractivity contribution in [1.82, 2.24) is 0 Å². The predicted octanol–water partition coefficient (Wildman–Crippen LogP) is 1.97. The lowest BCUT2D eigenvalue weighted by Crippen LogP contribution is -2.33. The fourth-order valence-corrected chi connectivity index (χ4v) is 4.42. The highest BCUT2D eigenvalue weighted by atomic mass is 32.2. The third-order valence-corrected chi connectivity index (χ3v) is 5.54. The topological polar surface area (TPSA) is 52.3 Å². The molecule has 0 amide bonds. The summed E-state index contributed by atoms with van der Waals surface area (Å²) >= 11 is 0. The van der Waals surface area contributed by atoms with Crippen molar-refractivity contribution in [2.24, 2.45) is 5.73 Å². The van der Waals surface area contributed by atoms with Crippen LogP contribution in [0.4, 0.5) is 0 Å². The molecule has 0 aromatic carbocycles. The maximum Gasteiger partial charge on any atom is 0.0698 e. The van der Waals surface area contributed by atoms with E-state index in [1.165, 1.54) is 38.5 Å². The van der Waals surface area contributed by atoms with E-state index in [-0.39, 0.29) is 11.7 Å². The van der Waals surface area contributed by atoms with Crippen molar-refractivity contribution in [2.45, 2.75) is 63.1 Å². The molecule has 2 atom stereocenters. The van der Waals surface area contributed by atoms with Crippen LogP contribution in [0, 0.1) is 0 Å². The van der Waals surface area contributed by atoms with Crippen LogP contribution >= 0.6 is 0 Å². The molecule has 2 fully saturated rings. The van der Waals surface area contributed by atoms with Gasteiger partial charge in [0.1, 0.15) is 0 Å². The standard InChI is InChI=1S/C13H25NO2S/c14-9-4-10-17(15)11-12-5-8-13(16-12)6-2-1-3-7-13/h12H,1-11,14H2. The van der Waals surface area contributed by atoms with Gasteiger partial charge in [0.15, 0.2) is 0 Å². The molecule has 2 unspecified atom stereocenters. The maximum absolute atomic E-state index is 11.8. The van der Waals surface area contributed by atoms with Crippen LogP contribution in [-0.4, -0.2) is 34.0 Å². The van der Waals surface area contributed by atoms with Crippen molar-refractivity contribution < 1.29 is 8.95 Å². The average Bonchev–Trinajstić information content (AvgIpc) is 2.70. The van der Waals surface area contributed by atoms with Gasteiger partial charge < -0.3 is 10.5 Å². The Balaban J connectivity index is 1.75. The Hall–Kier alpha value is 0.0700. The SMILES string of the molecule is NCCCS(=O)CC1CCC2(CCCCC2)O1. The molecule has 2 aliphatic rings. The van der Waals surface area contributed by atoms with Crippen LogP contribution in [0.15, 0.2) is 0 Å². The molecule has 1 heterocycles. The molecule has 2 N–H and O–H groups in total. The summed E-state index contributed by atoms with van der Waals surface area (Å²) in [6.45, 7) is 0.640. The van der Waals surface area contributed by atoms with Crippen LogP contribution in [0.2, 0.25) is 0 Å². The molecule has 0 radical (unpaired) electrons. The van der Waals surface area contributed by atoms with E-state index >= 15 is 0 Å². The first-order chi connectivity index (χ1) is 8.24. The van der Waals surface area contributed by atoms with Gasteiger partial charge in [-0.25, -0.2) is 0 Å². The minimum atomic E-state index is -0.736. The highest BCUT2D eigenvalue weighted by molar-refractivity contribution is 7.85. The predicted molar refractivity (Wildman–Crippen MR) is 71.5 cm³/mol. The van der Waals surface area contributed by atoms with E-state index in [0.717, 1.165) is 24.3 Å². The number of hydrogen-bond donors (Lipinski definition) is 1. The summed E-state index contributed by atoms with van der Waals surface area (Å²) in [5.74, 6) is 1.46. The molecule has 1 saturated carbocycles. The van der Waals surface area contributed by atoms with Gasteiger partial charge in [0.2, 0.25) is 0 Å². The molecular formula is C13H25NO2S. The maximum atomic E-state index is 11.8. The van der Waals surface area contributed by atoms with Gasteiger partial charge in [-0.05, 0) is 38.6 Å². The van der Waals surface area contributed by atoms with Crippen LogP contribution in [0.5, 0.6) is 0 Å². The quantitative estimate of drug-likeness (QED) is 0.821. The summed E-state index contributed by atoms with van der Waals surface area (Å²) in [6, 6.07) is 0. The van der Waals surface area contributed by atoms with Gasteiger partial charge in [0.25, 0.3) is 0 Å². The van der Waals surface area contributed by atoms with Crippen LogP contribution in [0.25, 0.3) is 0 Å². The number of nitrogens with two attached hydrogens (primary N) is 1. The molecular weight excluding hydrogens is 234 g/mol. The zero-order valence-electron chi connectivity index (χ0n) is 10.7. The zero-order valence-corrected chi connectivity index (χ0v) is 11.5. The Morgan fingerprint density at radius 1 is 1.24 bits per heavy atom. The number of ether oxygens (including phenoxy) is 1. The van der Waals surface area contributed by atoms with Gasteiger partial charge in [-0.2, -0.15) is 0 Å². The highest BCUT2D eigenvalue weighted by Gasteiger charge is 2.40. The normalized spacial score (nSPS) is 29.6. The van der Waals surface area contributed by atoms with Crippen LogP contribution in [0.1, 0.15) is 51.4 Å². The summed E-state index contributed by atoms with van der Waals surface area (Å²) in [7, 11) is -0.736. The molecule has 3 nitrogen and oxygen atoms in total. The molecule has 0 bridgehead atoms. The second kappa shape index (κ2) is 6.30. The average molecular weight is 259 g/mol. The molecule has 2 rings (SSSR count). The van der Waals surface area contributed by atoms with Crippen molar-refractivity contribution in [3.63, 3.8) is 0 Å². The second-order valence-corrected chi connectivity index (χ2v) is 7.10. The first-order valence-corrected chi connectivity index (χ1v) is 8.46.